The molecule has 0 amide bonds. The standard InChI is InChI=1S/C22H40O3Si2/c1-15(2)18-19-17(13-11-12-14-26(5,6)7)16(3)20(25-27(8,9)10)21(18)24-22(19)23-4/h15,17-19,21-22H,11,13H2,1-10H3/t17-,18+,19-,21-,22-/m1/s1. The molecule has 2 bridgehead atoms. The molecule has 1 heterocycles. The fourth-order valence-electron chi connectivity index (χ4n) is 4.54. The smallest absolute Gasteiger partial charge is 0.241 e. The predicted octanol–water partition coefficient (Wildman–Crippen LogP) is 5.66. The molecule has 1 saturated heterocycles. The van der Waals surface area contributed by atoms with Crippen molar-refractivity contribution in [1.29, 1.82) is 0 Å². The number of ether oxygens (including phenoxy) is 2. The predicted molar refractivity (Wildman–Crippen MR) is 118 cm³/mol. The van der Waals surface area contributed by atoms with Gasteiger partial charge in [0.15, 0.2) is 6.29 Å². The van der Waals surface area contributed by atoms with Gasteiger partial charge in [-0.2, -0.15) is 0 Å². The molecule has 0 aromatic heterocycles. The lowest BCUT2D eigenvalue weighted by Gasteiger charge is -2.41. The van der Waals surface area contributed by atoms with Crippen molar-refractivity contribution in [3.8, 4) is 11.5 Å². The van der Waals surface area contributed by atoms with Gasteiger partial charge in [-0.05, 0) is 50.4 Å². The Morgan fingerprint density at radius 1 is 1.11 bits per heavy atom. The van der Waals surface area contributed by atoms with E-state index in [4.69, 9.17) is 13.9 Å². The van der Waals surface area contributed by atoms with Crippen molar-refractivity contribution in [2.24, 2.45) is 23.7 Å². The van der Waals surface area contributed by atoms with Gasteiger partial charge in [0.2, 0.25) is 8.32 Å². The first-order chi connectivity index (χ1) is 12.4. The summed E-state index contributed by atoms with van der Waals surface area (Å²) in [5.41, 5.74) is 4.89. The molecule has 2 aliphatic rings. The first-order valence-corrected chi connectivity index (χ1v) is 17.3. The van der Waals surface area contributed by atoms with E-state index < -0.39 is 16.4 Å². The van der Waals surface area contributed by atoms with Gasteiger partial charge in [-0.15, -0.1) is 11.5 Å². The Balaban J connectivity index is 2.37. The van der Waals surface area contributed by atoms with Crippen LogP contribution in [0, 0.1) is 35.1 Å². The van der Waals surface area contributed by atoms with Crippen molar-refractivity contribution in [2.75, 3.05) is 7.11 Å². The molecular weight excluding hydrogens is 368 g/mol. The molecule has 0 radical (unpaired) electrons. The zero-order valence-electron chi connectivity index (χ0n) is 19.1. The maximum Gasteiger partial charge on any atom is 0.241 e. The van der Waals surface area contributed by atoms with Crippen molar-refractivity contribution < 1.29 is 13.9 Å². The minimum Gasteiger partial charge on any atom is -0.545 e. The van der Waals surface area contributed by atoms with Crippen LogP contribution in [0.3, 0.4) is 0 Å². The maximum atomic E-state index is 6.59. The molecule has 154 valence electrons. The van der Waals surface area contributed by atoms with Crippen molar-refractivity contribution >= 4 is 16.4 Å². The topological polar surface area (TPSA) is 27.7 Å². The fourth-order valence-corrected chi connectivity index (χ4v) is 6.13. The minimum atomic E-state index is -1.72. The van der Waals surface area contributed by atoms with E-state index in [1.807, 2.05) is 0 Å². The highest BCUT2D eigenvalue weighted by atomic mass is 28.4. The zero-order chi connectivity index (χ0) is 20.6. The second-order valence-electron chi connectivity index (χ2n) is 10.5. The number of fused-ring (bicyclic) bond motifs is 2. The lowest BCUT2D eigenvalue weighted by Crippen LogP contribution is -2.41. The van der Waals surface area contributed by atoms with Gasteiger partial charge in [0, 0.05) is 25.4 Å². The summed E-state index contributed by atoms with van der Waals surface area (Å²) in [7, 11) is -1.26. The van der Waals surface area contributed by atoms with Gasteiger partial charge in [-0.1, -0.05) is 33.5 Å². The summed E-state index contributed by atoms with van der Waals surface area (Å²) in [5, 5.41) is 0. The highest BCUT2D eigenvalue weighted by molar-refractivity contribution is 6.83. The summed E-state index contributed by atoms with van der Waals surface area (Å²) >= 11 is 0. The van der Waals surface area contributed by atoms with E-state index in [-0.39, 0.29) is 12.4 Å². The summed E-state index contributed by atoms with van der Waals surface area (Å²) in [6.07, 6.45) is 1.90. The quantitative estimate of drug-likeness (QED) is 0.419. The Kier molecular flexibility index (Phi) is 7.11. The Bertz CT molecular complexity index is 616. The monoisotopic (exact) mass is 408 g/mol. The largest absolute Gasteiger partial charge is 0.545 e. The van der Waals surface area contributed by atoms with E-state index >= 15 is 0 Å². The molecule has 1 aliphatic heterocycles. The van der Waals surface area contributed by atoms with E-state index in [0.717, 1.165) is 18.6 Å². The van der Waals surface area contributed by atoms with Crippen LogP contribution in [0.15, 0.2) is 11.3 Å². The summed E-state index contributed by atoms with van der Waals surface area (Å²) in [6.45, 7) is 20.5. The normalized spacial score (nSPS) is 31.1. The van der Waals surface area contributed by atoms with Crippen molar-refractivity contribution in [2.45, 2.75) is 85.3 Å². The van der Waals surface area contributed by atoms with Crippen LogP contribution in [0.25, 0.3) is 0 Å². The highest BCUT2D eigenvalue weighted by Gasteiger charge is 2.55. The molecule has 0 aromatic rings. The molecule has 1 aliphatic carbocycles. The van der Waals surface area contributed by atoms with Crippen LogP contribution in [0.1, 0.15) is 33.6 Å². The third-order valence-electron chi connectivity index (χ3n) is 5.52. The number of hydrogen-bond donors (Lipinski definition) is 0. The highest BCUT2D eigenvalue weighted by Crippen LogP contribution is 2.53. The SMILES string of the molecule is CO[C@@H]1O[C@H]2C(O[Si](C)(C)C)=C(C)[C@@H](CCC#C[Si](C)(C)C)[C@@H]1[C@@H]2C(C)C. The zero-order valence-corrected chi connectivity index (χ0v) is 21.1. The van der Waals surface area contributed by atoms with Gasteiger partial charge in [0.05, 0.1) is 0 Å². The van der Waals surface area contributed by atoms with E-state index in [1.54, 1.807) is 7.11 Å². The van der Waals surface area contributed by atoms with E-state index in [1.165, 1.54) is 5.57 Å². The number of hydrogen-bond acceptors (Lipinski definition) is 3. The number of methoxy groups -OCH3 is 1. The third-order valence-corrected chi connectivity index (χ3v) is 7.28. The number of allylic oxidation sites excluding steroid dienone is 1. The van der Waals surface area contributed by atoms with Crippen molar-refractivity contribution in [3.05, 3.63) is 11.3 Å². The maximum absolute atomic E-state index is 6.59. The van der Waals surface area contributed by atoms with E-state index in [0.29, 0.717) is 23.7 Å². The van der Waals surface area contributed by atoms with Gasteiger partial charge in [0.25, 0.3) is 0 Å². The molecule has 5 atom stereocenters. The van der Waals surface area contributed by atoms with Gasteiger partial charge < -0.3 is 13.9 Å². The molecule has 0 aromatic carbocycles. The Hall–Kier alpha value is -0.546. The Morgan fingerprint density at radius 2 is 1.74 bits per heavy atom. The summed E-state index contributed by atoms with van der Waals surface area (Å²) < 4.78 is 18.8. The molecule has 0 spiro atoms. The Labute approximate surface area is 169 Å². The molecule has 5 heteroatoms. The third kappa shape index (κ3) is 5.50. The van der Waals surface area contributed by atoms with Gasteiger partial charge in [-0.3, -0.25) is 0 Å². The molecule has 0 N–H and O–H groups in total. The molecule has 1 fully saturated rings. The van der Waals surface area contributed by atoms with Crippen LogP contribution < -0.4 is 0 Å². The van der Waals surface area contributed by atoms with Gasteiger partial charge in [-0.25, -0.2) is 0 Å². The van der Waals surface area contributed by atoms with Crippen LogP contribution in [0.5, 0.6) is 0 Å². The van der Waals surface area contributed by atoms with Crippen LogP contribution in [0.2, 0.25) is 39.3 Å². The molecule has 0 saturated carbocycles. The summed E-state index contributed by atoms with van der Waals surface area (Å²) in [5.74, 6) is 6.36. The van der Waals surface area contributed by atoms with E-state index in [2.05, 4.69) is 71.5 Å². The number of rotatable bonds is 6. The minimum absolute atomic E-state index is 0.0380. The van der Waals surface area contributed by atoms with Crippen LogP contribution in [0.4, 0.5) is 0 Å². The second-order valence-corrected chi connectivity index (χ2v) is 19.7. The molecule has 3 nitrogen and oxygen atoms in total. The first-order valence-electron chi connectivity index (χ1n) is 10.4. The van der Waals surface area contributed by atoms with Crippen LogP contribution >= 0.6 is 0 Å². The summed E-state index contributed by atoms with van der Waals surface area (Å²) in [6, 6.07) is 0. The first kappa shape index (κ1) is 22.7. The molecular formula is C22H40O3Si2. The van der Waals surface area contributed by atoms with Crippen LogP contribution in [-0.2, 0) is 13.9 Å². The Morgan fingerprint density at radius 3 is 2.22 bits per heavy atom. The molecule has 27 heavy (non-hydrogen) atoms. The van der Waals surface area contributed by atoms with Crippen molar-refractivity contribution in [3.63, 3.8) is 0 Å². The lowest BCUT2D eigenvalue weighted by molar-refractivity contribution is -0.130. The fraction of sp³-hybridized carbons (Fsp3) is 0.818. The molecule has 2 rings (SSSR count). The second kappa shape index (κ2) is 8.45. The van der Waals surface area contributed by atoms with Gasteiger partial charge in [0.1, 0.15) is 19.9 Å². The molecule has 0 unspecified atom stereocenters. The average Bonchev–Trinajstić information content (AvgIpc) is 2.84. The lowest BCUT2D eigenvalue weighted by atomic mass is 9.66. The summed E-state index contributed by atoms with van der Waals surface area (Å²) in [4.78, 5) is 0. The van der Waals surface area contributed by atoms with Crippen molar-refractivity contribution in [1.82, 2.24) is 0 Å². The average molecular weight is 409 g/mol. The van der Waals surface area contributed by atoms with Crippen LogP contribution in [-0.4, -0.2) is 35.9 Å². The van der Waals surface area contributed by atoms with Gasteiger partial charge >= 0.3 is 0 Å². The van der Waals surface area contributed by atoms with E-state index in [9.17, 15) is 0 Å².